The van der Waals surface area contributed by atoms with Crippen LogP contribution in [0.4, 0.5) is 5.82 Å². The van der Waals surface area contributed by atoms with E-state index in [0.29, 0.717) is 13.1 Å². The molecule has 2 aliphatic rings. The molecule has 37 heavy (non-hydrogen) atoms. The Balaban J connectivity index is 1.31. The molecule has 1 amide bonds. The number of carbonyl (C=O) groups excluding carboxylic acids is 1. The summed E-state index contributed by atoms with van der Waals surface area (Å²) in [4.78, 5) is 32.8. The molecule has 2 aromatic carbocycles. The molecule has 2 aromatic heterocycles. The van der Waals surface area contributed by atoms with Gasteiger partial charge in [0.25, 0.3) is 5.91 Å². The second kappa shape index (κ2) is 10.2. The van der Waals surface area contributed by atoms with Gasteiger partial charge in [0.2, 0.25) is 0 Å². The van der Waals surface area contributed by atoms with Gasteiger partial charge in [0.1, 0.15) is 16.5 Å². The maximum absolute atomic E-state index is 13.1. The summed E-state index contributed by atoms with van der Waals surface area (Å²) in [6, 6.07) is 18.4. The molecule has 0 aliphatic carbocycles. The third-order valence-corrected chi connectivity index (χ3v) is 8.73. The van der Waals surface area contributed by atoms with E-state index in [1.165, 1.54) is 27.0 Å². The molecule has 7 heteroatoms. The van der Waals surface area contributed by atoms with Crippen LogP contribution in [0.2, 0.25) is 0 Å². The van der Waals surface area contributed by atoms with Crippen LogP contribution in [-0.2, 0) is 19.4 Å². The van der Waals surface area contributed by atoms with E-state index < -0.39 is 0 Å². The zero-order valence-electron chi connectivity index (χ0n) is 21.6. The monoisotopic (exact) mass is 511 g/mol. The Morgan fingerprint density at radius 1 is 0.946 bits per heavy atom. The Labute approximate surface area is 222 Å². The van der Waals surface area contributed by atoms with Crippen molar-refractivity contribution in [1.29, 1.82) is 0 Å². The lowest BCUT2D eigenvalue weighted by atomic mass is 10.0. The second-order valence-electron chi connectivity index (χ2n) is 10.1. The highest BCUT2D eigenvalue weighted by atomic mass is 32.1. The van der Waals surface area contributed by atoms with Crippen molar-refractivity contribution < 1.29 is 4.79 Å². The lowest BCUT2D eigenvalue weighted by Crippen LogP contribution is -2.49. The number of carbonyl (C=O) groups is 1. The van der Waals surface area contributed by atoms with Crippen LogP contribution in [0.1, 0.15) is 44.7 Å². The molecule has 6 nitrogen and oxygen atoms in total. The Morgan fingerprint density at radius 2 is 1.70 bits per heavy atom. The Kier molecular flexibility index (Phi) is 6.65. The Hall–Kier alpha value is -3.29. The molecule has 0 N–H and O–H groups in total. The van der Waals surface area contributed by atoms with Gasteiger partial charge in [-0.2, -0.15) is 0 Å². The molecule has 0 bridgehead atoms. The van der Waals surface area contributed by atoms with Crippen molar-refractivity contribution in [2.45, 2.75) is 33.2 Å². The molecule has 4 heterocycles. The van der Waals surface area contributed by atoms with Gasteiger partial charge < -0.3 is 9.80 Å². The average molecular weight is 512 g/mol. The molecule has 4 aromatic rings. The van der Waals surface area contributed by atoms with Gasteiger partial charge in [0, 0.05) is 56.1 Å². The van der Waals surface area contributed by atoms with Crippen molar-refractivity contribution >= 4 is 33.3 Å². The first-order valence-electron chi connectivity index (χ1n) is 13.3. The molecule has 0 saturated carbocycles. The zero-order chi connectivity index (χ0) is 25.4. The van der Waals surface area contributed by atoms with E-state index >= 15 is 0 Å². The van der Waals surface area contributed by atoms with Crippen LogP contribution in [0.25, 0.3) is 10.2 Å². The van der Waals surface area contributed by atoms with E-state index in [1.54, 1.807) is 0 Å². The molecule has 0 unspecified atom stereocenters. The molecule has 1 fully saturated rings. The fourth-order valence-electron chi connectivity index (χ4n) is 5.43. The summed E-state index contributed by atoms with van der Waals surface area (Å²) in [6.07, 6.45) is 1.77. The van der Waals surface area contributed by atoms with Crippen molar-refractivity contribution in [3.05, 3.63) is 87.6 Å². The minimum Gasteiger partial charge on any atom is -0.352 e. The lowest BCUT2D eigenvalue weighted by molar-refractivity contribution is 0.0746. The number of benzene rings is 2. The maximum atomic E-state index is 13.1. The minimum absolute atomic E-state index is 0.116. The quantitative estimate of drug-likeness (QED) is 0.380. The van der Waals surface area contributed by atoms with E-state index in [0.717, 1.165) is 67.6 Å². The van der Waals surface area contributed by atoms with Crippen molar-refractivity contribution in [1.82, 2.24) is 19.8 Å². The third-order valence-electron chi connectivity index (χ3n) is 7.62. The number of fused-ring (bicyclic) bond motifs is 3. The van der Waals surface area contributed by atoms with Gasteiger partial charge in [-0.15, -0.1) is 11.3 Å². The van der Waals surface area contributed by atoms with E-state index in [4.69, 9.17) is 9.97 Å². The van der Waals surface area contributed by atoms with Gasteiger partial charge in [0.05, 0.1) is 5.39 Å². The van der Waals surface area contributed by atoms with Crippen molar-refractivity contribution in [3.63, 3.8) is 0 Å². The molecule has 0 atom stereocenters. The van der Waals surface area contributed by atoms with Gasteiger partial charge in [-0.1, -0.05) is 55.0 Å². The summed E-state index contributed by atoms with van der Waals surface area (Å²) in [5, 5.41) is 1.24. The van der Waals surface area contributed by atoms with Crippen LogP contribution in [0.3, 0.4) is 0 Å². The summed E-state index contributed by atoms with van der Waals surface area (Å²) in [7, 11) is 0. The third kappa shape index (κ3) is 4.86. The SMILES string of the molecule is CCN1CCc2c(sc3nc(Cc4ccccc4)nc(N4CCN(C(=O)c5ccc(C)cc5)CC4)c23)C1. The summed E-state index contributed by atoms with van der Waals surface area (Å²) in [5.74, 6) is 2.04. The number of piperazine rings is 1. The van der Waals surface area contributed by atoms with Gasteiger partial charge in [-0.05, 0) is 43.1 Å². The number of hydrogen-bond acceptors (Lipinski definition) is 6. The first kappa shape index (κ1) is 24.1. The molecule has 0 spiro atoms. The average Bonchev–Trinajstić information content (AvgIpc) is 3.31. The molecular formula is C30H33N5OS. The van der Waals surface area contributed by atoms with E-state index in [-0.39, 0.29) is 5.91 Å². The molecule has 2 aliphatic heterocycles. The van der Waals surface area contributed by atoms with Gasteiger partial charge in [-0.3, -0.25) is 9.69 Å². The predicted molar refractivity (Wildman–Crippen MR) is 151 cm³/mol. The van der Waals surface area contributed by atoms with Crippen molar-refractivity contribution in [3.8, 4) is 0 Å². The highest BCUT2D eigenvalue weighted by Crippen LogP contribution is 2.39. The number of likely N-dealkylation sites (N-methyl/N-ethyl adjacent to an activating group) is 1. The number of nitrogens with zero attached hydrogens (tertiary/aromatic N) is 5. The van der Waals surface area contributed by atoms with Crippen LogP contribution < -0.4 is 4.90 Å². The normalized spacial score (nSPS) is 16.3. The number of amides is 1. The number of rotatable bonds is 5. The lowest BCUT2D eigenvalue weighted by Gasteiger charge is -2.36. The summed E-state index contributed by atoms with van der Waals surface area (Å²) in [6.45, 7) is 10.4. The minimum atomic E-state index is 0.116. The highest BCUT2D eigenvalue weighted by molar-refractivity contribution is 7.19. The van der Waals surface area contributed by atoms with E-state index in [1.807, 2.05) is 53.5 Å². The number of thiophene rings is 1. The van der Waals surface area contributed by atoms with E-state index in [2.05, 4.69) is 41.0 Å². The first-order valence-corrected chi connectivity index (χ1v) is 14.1. The first-order chi connectivity index (χ1) is 18.1. The number of anilines is 1. The van der Waals surface area contributed by atoms with Gasteiger partial charge >= 0.3 is 0 Å². The smallest absolute Gasteiger partial charge is 0.253 e. The highest BCUT2D eigenvalue weighted by Gasteiger charge is 2.29. The molecule has 1 saturated heterocycles. The summed E-state index contributed by atoms with van der Waals surface area (Å²) in [5.41, 5.74) is 4.59. The van der Waals surface area contributed by atoms with E-state index in [9.17, 15) is 4.79 Å². The van der Waals surface area contributed by atoms with Crippen LogP contribution in [0.5, 0.6) is 0 Å². The molecule has 190 valence electrons. The predicted octanol–water partition coefficient (Wildman–Crippen LogP) is 4.93. The summed E-state index contributed by atoms with van der Waals surface area (Å²) >= 11 is 1.84. The van der Waals surface area contributed by atoms with Crippen LogP contribution in [-0.4, -0.2) is 64.9 Å². The van der Waals surface area contributed by atoms with Crippen LogP contribution in [0, 0.1) is 6.92 Å². The fourth-order valence-corrected chi connectivity index (χ4v) is 6.70. The van der Waals surface area contributed by atoms with Crippen LogP contribution >= 0.6 is 11.3 Å². The van der Waals surface area contributed by atoms with Gasteiger partial charge in [-0.25, -0.2) is 9.97 Å². The largest absolute Gasteiger partial charge is 0.352 e. The number of hydrogen-bond donors (Lipinski definition) is 0. The zero-order valence-corrected chi connectivity index (χ0v) is 22.4. The molecule has 6 rings (SSSR count). The number of aromatic nitrogens is 2. The van der Waals surface area contributed by atoms with Gasteiger partial charge in [0.15, 0.2) is 0 Å². The maximum Gasteiger partial charge on any atom is 0.253 e. The van der Waals surface area contributed by atoms with Crippen molar-refractivity contribution in [2.24, 2.45) is 0 Å². The van der Waals surface area contributed by atoms with Crippen molar-refractivity contribution in [2.75, 3.05) is 44.2 Å². The molecule has 0 radical (unpaired) electrons. The Morgan fingerprint density at radius 3 is 2.43 bits per heavy atom. The summed E-state index contributed by atoms with van der Waals surface area (Å²) < 4.78 is 0. The Bertz CT molecular complexity index is 1410. The number of aryl methyl sites for hydroxylation is 1. The second-order valence-corrected chi connectivity index (χ2v) is 11.2. The van der Waals surface area contributed by atoms with Crippen LogP contribution in [0.15, 0.2) is 54.6 Å². The standard InChI is InChI=1S/C30H33N5OS/c1-3-33-14-13-24-25(20-33)37-29-27(24)28(31-26(32-29)19-22-7-5-4-6-8-22)34-15-17-35(18-16-34)30(36)23-11-9-21(2)10-12-23/h4-12H,3,13-20H2,1-2H3. The molecular weight excluding hydrogens is 478 g/mol. The topological polar surface area (TPSA) is 52.6 Å². The fraction of sp³-hybridized carbons (Fsp3) is 0.367.